The first-order chi connectivity index (χ1) is 9.81. The summed E-state index contributed by atoms with van der Waals surface area (Å²) in [5.41, 5.74) is 2.16. The van der Waals surface area contributed by atoms with Crippen LogP contribution in [0, 0.1) is 0 Å². The van der Waals surface area contributed by atoms with Crippen molar-refractivity contribution < 1.29 is 4.74 Å². The van der Waals surface area contributed by atoms with Crippen LogP contribution in [0.3, 0.4) is 0 Å². The van der Waals surface area contributed by atoms with Crippen LogP contribution < -0.4 is 0 Å². The van der Waals surface area contributed by atoms with Crippen LogP contribution in [-0.4, -0.2) is 27.7 Å². The molecule has 102 valence electrons. The molecule has 0 aliphatic carbocycles. The van der Waals surface area contributed by atoms with Gasteiger partial charge in [0, 0.05) is 41.8 Å². The Morgan fingerprint density at radius 2 is 2.40 bits per heavy atom. The van der Waals surface area contributed by atoms with Crippen molar-refractivity contribution in [1.82, 2.24) is 14.5 Å². The molecule has 0 aromatic carbocycles. The molecule has 1 fully saturated rings. The fourth-order valence-electron chi connectivity index (χ4n) is 2.51. The van der Waals surface area contributed by atoms with E-state index in [1.165, 1.54) is 0 Å². The monoisotopic (exact) mass is 305 g/mol. The van der Waals surface area contributed by atoms with Crippen LogP contribution in [-0.2, 0) is 4.74 Å². The summed E-state index contributed by atoms with van der Waals surface area (Å²) in [6.45, 7) is 1.62. The molecule has 4 rings (SSSR count). The second kappa shape index (κ2) is 4.84. The van der Waals surface area contributed by atoms with Crippen LogP contribution in [0.25, 0.3) is 16.0 Å². The molecule has 0 spiro atoms. The van der Waals surface area contributed by atoms with E-state index in [1.54, 1.807) is 17.5 Å². The lowest BCUT2D eigenvalue weighted by atomic mass is 10.1. The van der Waals surface area contributed by atoms with Gasteiger partial charge in [0.2, 0.25) is 0 Å². The van der Waals surface area contributed by atoms with Crippen molar-refractivity contribution in [2.24, 2.45) is 0 Å². The minimum atomic E-state index is 0.437. The lowest BCUT2D eigenvalue weighted by Gasteiger charge is -2.03. The van der Waals surface area contributed by atoms with E-state index in [9.17, 15) is 0 Å². The van der Waals surface area contributed by atoms with Crippen LogP contribution >= 0.6 is 22.9 Å². The van der Waals surface area contributed by atoms with Crippen LogP contribution in [0.5, 0.6) is 0 Å². The van der Waals surface area contributed by atoms with Crippen molar-refractivity contribution in [3.05, 3.63) is 40.8 Å². The highest BCUT2D eigenvalue weighted by atomic mass is 35.5. The Kier molecular flexibility index (Phi) is 2.98. The van der Waals surface area contributed by atoms with E-state index < -0.39 is 0 Å². The number of thiazole rings is 1. The highest BCUT2D eigenvalue weighted by molar-refractivity contribution is 7.12. The van der Waals surface area contributed by atoms with Crippen LogP contribution in [0.2, 0.25) is 5.15 Å². The molecular formula is C14H12ClN3OS. The number of hydrogen-bond acceptors (Lipinski definition) is 4. The molecule has 0 amide bonds. The fourth-order valence-corrected chi connectivity index (χ4v) is 3.57. The minimum absolute atomic E-state index is 0.437. The first-order valence-corrected chi connectivity index (χ1v) is 7.73. The van der Waals surface area contributed by atoms with Crippen LogP contribution in [0.15, 0.2) is 29.9 Å². The molecule has 0 radical (unpaired) electrons. The zero-order valence-electron chi connectivity index (χ0n) is 10.6. The van der Waals surface area contributed by atoms with E-state index in [4.69, 9.17) is 21.3 Å². The highest BCUT2D eigenvalue weighted by Gasteiger charge is 2.21. The zero-order chi connectivity index (χ0) is 13.5. The molecule has 0 saturated carbocycles. The molecule has 1 unspecified atom stereocenters. The maximum atomic E-state index is 5.99. The second-order valence-electron chi connectivity index (χ2n) is 4.87. The topological polar surface area (TPSA) is 39.9 Å². The summed E-state index contributed by atoms with van der Waals surface area (Å²) < 4.78 is 7.49. The van der Waals surface area contributed by atoms with Gasteiger partial charge >= 0.3 is 0 Å². The Balaban J connectivity index is 1.77. The summed E-state index contributed by atoms with van der Waals surface area (Å²) in [6, 6.07) is 3.90. The van der Waals surface area contributed by atoms with E-state index in [0.717, 1.165) is 41.4 Å². The molecule has 3 aromatic heterocycles. The maximum Gasteiger partial charge on any atom is 0.194 e. The standard InChI is InChI=1S/C14H12ClN3OS/c15-13-5-12-9(6-16-13)1-3-18(12)14-17-11(8-20-14)10-2-4-19-7-10/h1,3,5-6,8,10H,2,4,7H2. The summed E-state index contributed by atoms with van der Waals surface area (Å²) in [7, 11) is 0. The Morgan fingerprint density at radius 1 is 1.45 bits per heavy atom. The number of aromatic nitrogens is 3. The van der Waals surface area contributed by atoms with Crippen molar-refractivity contribution in [2.45, 2.75) is 12.3 Å². The number of nitrogens with zero attached hydrogens (tertiary/aromatic N) is 3. The number of ether oxygens (including phenoxy) is 1. The molecule has 4 nitrogen and oxygen atoms in total. The number of fused-ring (bicyclic) bond motifs is 1. The van der Waals surface area contributed by atoms with E-state index in [0.29, 0.717) is 11.1 Å². The quantitative estimate of drug-likeness (QED) is 0.679. The van der Waals surface area contributed by atoms with Crippen molar-refractivity contribution in [3.63, 3.8) is 0 Å². The molecule has 1 atom stereocenters. The van der Waals surface area contributed by atoms with Gasteiger partial charge in [0.05, 0.1) is 17.8 Å². The second-order valence-corrected chi connectivity index (χ2v) is 6.09. The third-order valence-corrected chi connectivity index (χ3v) is 4.67. The molecule has 20 heavy (non-hydrogen) atoms. The Labute approximate surface area is 125 Å². The summed E-state index contributed by atoms with van der Waals surface area (Å²) in [6.07, 6.45) is 4.86. The van der Waals surface area contributed by atoms with Crippen LogP contribution in [0.4, 0.5) is 0 Å². The molecule has 1 saturated heterocycles. The van der Waals surface area contributed by atoms with Gasteiger partial charge in [-0.1, -0.05) is 11.6 Å². The van der Waals surface area contributed by atoms with Gasteiger partial charge in [0.1, 0.15) is 5.15 Å². The Bertz CT molecular complexity index is 761. The predicted molar refractivity (Wildman–Crippen MR) is 79.9 cm³/mol. The van der Waals surface area contributed by atoms with Gasteiger partial charge < -0.3 is 4.74 Å². The molecule has 1 aliphatic heterocycles. The van der Waals surface area contributed by atoms with Gasteiger partial charge in [-0.15, -0.1) is 11.3 Å². The average molecular weight is 306 g/mol. The van der Waals surface area contributed by atoms with Gasteiger partial charge in [-0.25, -0.2) is 9.97 Å². The SMILES string of the molecule is Clc1cc2c(ccn2-c2nc(C3CCOC3)cs2)cn1. The Hall–Kier alpha value is -1.43. The first-order valence-electron chi connectivity index (χ1n) is 6.47. The molecule has 4 heterocycles. The lowest BCUT2D eigenvalue weighted by Crippen LogP contribution is -1.99. The largest absolute Gasteiger partial charge is 0.381 e. The van der Waals surface area contributed by atoms with Gasteiger partial charge in [-0.2, -0.15) is 0 Å². The normalized spacial score (nSPS) is 18.9. The van der Waals surface area contributed by atoms with Crippen LogP contribution in [0.1, 0.15) is 18.0 Å². The first kappa shape index (κ1) is 12.3. The van der Waals surface area contributed by atoms with Gasteiger partial charge in [0.25, 0.3) is 0 Å². The van der Waals surface area contributed by atoms with Crippen molar-refractivity contribution >= 4 is 33.8 Å². The predicted octanol–water partition coefficient (Wildman–Crippen LogP) is 3.64. The third kappa shape index (κ3) is 2.02. The number of halogens is 1. The molecule has 3 aromatic rings. The average Bonchev–Trinajstić information content (AvgIpc) is 3.17. The zero-order valence-corrected chi connectivity index (χ0v) is 12.2. The maximum absolute atomic E-state index is 5.99. The lowest BCUT2D eigenvalue weighted by molar-refractivity contribution is 0.193. The minimum Gasteiger partial charge on any atom is -0.381 e. The van der Waals surface area contributed by atoms with E-state index in [-0.39, 0.29) is 0 Å². The fraction of sp³-hybridized carbons (Fsp3) is 0.286. The summed E-state index contributed by atoms with van der Waals surface area (Å²) in [4.78, 5) is 8.85. The molecular weight excluding hydrogens is 294 g/mol. The van der Waals surface area contributed by atoms with Crippen molar-refractivity contribution in [1.29, 1.82) is 0 Å². The smallest absolute Gasteiger partial charge is 0.194 e. The van der Waals surface area contributed by atoms with Gasteiger partial charge in [0.15, 0.2) is 5.13 Å². The summed E-state index contributed by atoms with van der Waals surface area (Å²) in [5.74, 6) is 0.437. The third-order valence-electron chi connectivity index (χ3n) is 3.61. The van der Waals surface area contributed by atoms with E-state index in [2.05, 4.69) is 14.9 Å². The molecule has 6 heteroatoms. The number of pyridine rings is 1. The van der Waals surface area contributed by atoms with E-state index >= 15 is 0 Å². The van der Waals surface area contributed by atoms with Crippen molar-refractivity contribution in [3.8, 4) is 5.13 Å². The Morgan fingerprint density at radius 3 is 3.25 bits per heavy atom. The molecule has 0 N–H and O–H groups in total. The van der Waals surface area contributed by atoms with Gasteiger partial charge in [-0.05, 0) is 12.5 Å². The number of rotatable bonds is 2. The molecule has 1 aliphatic rings. The molecule has 0 bridgehead atoms. The highest BCUT2D eigenvalue weighted by Crippen LogP contribution is 2.29. The van der Waals surface area contributed by atoms with Gasteiger partial charge in [-0.3, -0.25) is 4.57 Å². The summed E-state index contributed by atoms with van der Waals surface area (Å²) in [5, 5.41) is 4.65. The van der Waals surface area contributed by atoms with Crippen molar-refractivity contribution in [2.75, 3.05) is 13.2 Å². The summed E-state index contributed by atoms with van der Waals surface area (Å²) >= 11 is 7.63. The number of hydrogen-bond donors (Lipinski definition) is 0. The van der Waals surface area contributed by atoms with E-state index in [1.807, 2.05) is 18.3 Å².